The molecule has 34 heavy (non-hydrogen) atoms. The topological polar surface area (TPSA) is 108 Å². The van der Waals surface area contributed by atoms with Crippen LogP contribution in [0, 0.1) is 6.92 Å². The number of aromatic nitrogens is 4. The second kappa shape index (κ2) is 10.00. The predicted molar refractivity (Wildman–Crippen MR) is 133 cm³/mol. The highest BCUT2D eigenvalue weighted by molar-refractivity contribution is 7.92. The maximum atomic E-state index is 13.0. The molecule has 4 aromatic rings. The average Bonchev–Trinajstić information content (AvgIpc) is 3.43. The molecule has 2 aromatic heterocycles. The monoisotopic (exact) mass is 519 g/mol. The van der Waals surface area contributed by atoms with E-state index < -0.39 is 10.0 Å². The van der Waals surface area contributed by atoms with E-state index in [0.29, 0.717) is 39.5 Å². The summed E-state index contributed by atoms with van der Waals surface area (Å²) in [6.45, 7) is 1.87. The Labute approximate surface area is 206 Å². The lowest BCUT2D eigenvalue weighted by Crippen LogP contribution is -2.21. The standard InChI is InChI=1S/C22H22ClN5O4S2/c1-14-13-33-21(24-14)20-25-26-22(28(20)19-17(31-2)5-4-6-18(19)32-3)27-34(29,30)12-11-15-7-9-16(23)10-8-15/h4-10,13H,11-12H2,1-3H3,(H,26,27). The first-order valence-corrected chi connectivity index (χ1v) is 13.1. The van der Waals surface area contributed by atoms with Crippen molar-refractivity contribution in [2.24, 2.45) is 0 Å². The van der Waals surface area contributed by atoms with Gasteiger partial charge in [0, 0.05) is 16.1 Å². The summed E-state index contributed by atoms with van der Waals surface area (Å²) in [7, 11) is -0.742. The van der Waals surface area contributed by atoms with Gasteiger partial charge in [-0.1, -0.05) is 29.8 Å². The van der Waals surface area contributed by atoms with Gasteiger partial charge >= 0.3 is 0 Å². The highest BCUT2D eigenvalue weighted by Crippen LogP contribution is 2.38. The molecule has 0 aliphatic heterocycles. The van der Waals surface area contributed by atoms with Gasteiger partial charge in [0.2, 0.25) is 16.0 Å². The summed E-state index contributed by atoms with van der Waals surface area (Å²) in [6, 6.07) is 12.3. The van der Waals surface area contributed by atoms with Gasteiger partial charge < -0.3 is 9.47 Å². The van der Waals surface area contributed by atoms with Crippen molar-refractivity contribution in [1.29, 1.82) is 0 Å². The minimum Gasteiger partial charge on any atom is -0.494 e. The lowest BCUT2D eigenvalue weighted by atomic mass is 10.2. The van der Waals surface area contributed by atoms with Crippen LogP contribution in [0.2, 0.25) is 5.02 Å². The number of halogens is 1. The number of benzene rings is 2. The van der Waals surface area contributed by atoms with Crippen LogP contribution in [0.15, 0.2) is 47.8 Å². The Morgan fingerprint density at radius 2 is 1.74 bits per heavy atom. The molecule has 12 heteroatoms. The summed E-state index contributed by atoms with van der Waals surface area (Å²) in [4.78, 5) is 4.50. The van der Waals surface area contributed by atoms with E-state index >= 15 is 0 Å². The lowest BCUT2D eigenvalue weighted by molar-refractivity contribution is 0.391. The molecule has 0 aliphatic carbocycles. The first kappa shape index (κ1) is 24.0. The van der Waals surface area contributed by atoms with E-state index in [1.54, 1.807) is 47.0 Å². The van der Waals surface area contributed by atoms with Gasteiger partial charge in [-0.25, -0.2) is 13.4 Å². The minimum atomic E-state index is -3.78. The zero-order valence-electron chi connectivity index (χ0n) is 18.6. The van der Waals surface area contributed by atoms with Gasteiger partial charge in [0.15, 0.2) is 10.8 Å². The third kappa shape index (κ3) is 5.16. The molecule has 0 radical (unpaired) electrons. The highest BCUT2D eigenvalue weighted by Gasteiger charge is 2.26. The van der Waals surface area contributed by atoms with E-state index in [0.717, 1.165) is 11.3 Å². The second-order valence-electron chi connectivity index (χ2n) is 7.29. The third-order valence-electron chi connectivity index (χ3n) is 4.92. The van der Waals surface area contributed by atoms with Crippen LogP contribution in [0.5, 0.6) is 11.5 Å². The van der Waals surface area contributed by atoms with Crippen molar-refractivity contribution in [1.82, 2.24) is 19.7 Å². The number of para-hydroxylation sites is 1. The molecule has 1 N–H and O–H groups in total. The predicted octanol–water partition coefficient (Wildman–Crippen LogP) is 4.35. The first-order valence-electron chi connectivity index (χ1n) is 10.2. The van der Waals surface area contributed by atoms with Crippen molar-refractivity contribution in [3.05, 3.63) is 64.1 Å². The normalized spacial score (nSPS) is 11.4. The fourth-order valence-electron chi connectivity index (χ4n) is 3.30. The number of thiazole rings is 1. The van der Waals surface area contributed by atoms with Gasteiger partial charge in [-0.05, 0) is 43.2 Å². The summed E-state index contributed by atoms with van der Waals surface area (Å²) in [5, 5.41) is 11.4. The van der Waals surface area contributed by atoms with Crippen molar-refractivity contribution in [3.8, 4) is 28.0 Å². The summed E-state index contributed by atoms with van der Waals surface area (Å²) < 4.78 is 41.2. The number of sulfonamides is 1. The lowest BCUT2D eigenvalue weighted by Gasteiger charge is -2.17. The molecule has 178 valence electrons. The van der Waals surface area contributed by atoms with Crippen molar-refractivity contribution in [3.63, 3.8) is 0 Å². The molecule has 4 rings (SSSR count). The van der Waals surface area contributed by atoms with E-state index in [1.807, 2.05) is 12.3 Å². The molecule has 0 fully saturated rings. The zero-order chi connectivity index (χ0) is 24.3. The number of ether oxygens (including phenoxy) is 2. The molecule has 2 aromatic carbocycles. The van der Waals surface area contributed by atoms with E-state index in [1.165, 1.54) is 25.6 Å². The Bertz CT molecular complexity index is 1380. The van der Waals surface area contributed by atoms with Gasteiger partial charge in [0.1, 0.15) is 17.2 Å². The van der Waals surface area contributed by atoms with Gasteiger partial charge in [-0.3, -0.25) is 9.29 Å². The molecule has 0 aliphatic rings. The third-order valence-corrected chi connectivity index (χ3v) is 7.36. The Kier molecular flexibility index (Phi) is 7.05. The maximum absolute atomic E-state index is 13.0. The molecule has 2 heterocycles. The Morgan fingerprint density at radius 3 is 2.32 bits per heavy atom. The number of nitrogens with one attached hydrogen (secondary N) is 1. The fourth-order valence-corrected chi connectivity index (χ4v) is 5.21. The minimum absolute atomic E-state index is 0.00163. The molecule has 0 bridgehead atoms. The average molecular weight is 520 g/mol. The number of methoxy groups -OCH3 is 2. The number of anilines is 1. The molecule has 0 unspecified atom stereocenters. The molecule has 9 nitrogen and oxygen atoms in total. The highest BCUT2D eigenvalue weighted by atomic mass is 35.5. The molecular formula is C22H22ClN5O4S2. The summed E-state index contributed by atoms with van der Waals surface area (Å²) in [6.07, 6.45) is 0.303. The van der Waals surface area contributed by atoms with Crippen LogP contribution in [0.4, 0.5) is 5.95 Å². The molecular weight excluding hydrogens is 498 g/mol. The first-order chi connectivity index (χ1) is 16.3. The number of aryl methyl sites for hydroxylation is 2. The smallest absolute Gasteiger partial charge is 0.243 e. The SMILES string of the molecule is COc1cccc(OC)c1-n1c(NS(=O)(=O)CCc2ccc(Cl)cc2)nnc1-c1nc(C)cs1. The summed E-state index contributed by atoms with van der Waals surface area (Å²) >= 11 is 7.29. The zero-order valence-corrected chi connectivity index (χ0v) is 21.0. The number of rotatable bonds is 9. The van der Waals surface area contributed by atoms with Crippen LogP contribution in [-0.4, -0.2) is 48.1 Å². The molecule has 0 atom stereocenters. The van der Waals surface area contributed by atoms with Crippen molar-refractivity contribution >= 4 is 38.9 Å². The van der Waals surface area contributed by atoms with Crippen LogP contribution in [-0.2, 0) is 16.4 Å². The number of hydrogen-bond acceptors (Lipinski definition) is 8. The van der Waals surface area contributed by atoms with E-state index in [-0.39, 0.29) is 11.7 Å². The Balaban J connectivity index is 1.75. The van der Waals surface area contributed by atoms with Crippen LogP contribution >= 0.6 is 22.9 Å². The van der Waals surface area contributed by atoms with E-state index in [9.17, 15) is 8.42 Å². The molecule has 0 spiro atoms. The largest absolute Gasteiger partial charge is 0.494 e. The van der Waals surface area contributed by atoms with Crippen LogP contribution in [0.3, 0.4) is 0 Å². The molecule has 0 saturated carbocycles. The quantitative estimate of drug-likeness (QED) is 0.350. The van der Waals surface area contributed by atoms with Gasteiger partial charge in [-0.15, -0.1) is 21.5 Å². The Hall–Kier alpha value is -3.15. The van der Waals surface area contributed by atoms with Crippen LogP contribution in [0.25, 0.3) is 16.5 Å². The van der Waals surface area contributed by atoms with Crippen LogP contribution < -0.4 is 14.2 Å². The second-order valence-corrected chi connectivity index (χ2v) is 10.4. The summed E-state index contributed by atoms with van der Waals surface area (Å²) in [5.74, 6) is 1.11. The molecule has 0 saturated heterocycles. The number of hydrogen-bond donors (Lipinski definition) is 1. The van der Waals surface area contributed by atoms with Gasteiger partial charge in [0.25, 0.3) is 0 Å². The molecule has 0 amide bonds. The van der Waals surface area contributed by atoms with Gasteiger partial charge in [0.05, 0.1) is 20.0 Å². The maximum Gasteiger partial charge on any atom is 0.243 e. The van der Waals surface area contributed by atoms with Crippen molar-refractivity contribution < 1.29 is 17.9 Å². The fraction of sp³-hybridized carbons (Fsp3) is 0.227. The van der Waals surface area contributed by atoms with E-state index in [2.05, 4.69) is 19.9 Å². The van der Waals surface area contributed by atoms with Gasteiger partial charge in [-0.2, -0.15) is 0 Å². The van der Waals surface area contributed by atoms with Crippen LogP contribution in [0.1, 0.15) is 11.3 Å². The van der Waals surface area contributed by atoms with Crippen molar-refractivity contribution in [2.45, 2.75) is 13.3 Å². The Morgan fingerprint density at radius 1 is 1.06 bits per heavy atom. The summed E-state index contributed by atoms with van der Waals surface area (Å²) in [5.41, 5.74) is 2.11. The number of nitrogens with zero attached hydrogens (tertiary/aromatic N) is 4. The van der Waals surface area contributed by atoms with E-state index in [4.69, 9.17) is 21.1 Å². The van der Waals surface area contributed by atoms with Crippen molar-refractivity contribution in [2.75, 3.05) is 24.7 Å².